The number of para-hydroxylation sites is 2. The fourth-order valence-corrected chi connectivity index (χ4v) is 5.25. The Labute approximate surface area is 196 Å². The van der Waals surface area contributed by atoms with Crippen LogP contribution in [0.3, 0.4) is 0 Å². The molecule has 0 spiro atoms. The van der Waals surface area contributed by atoms with Crippen molar-refractivity contribution in [1.29, 1.82) is 0 Å². The minimum atomic E-state index is 0.520. The molecule has 7 aromatic rings. The Bertz CT molecular complexity index is 1850. The van der Waals surface area contributed by atoms with E-state index in [1.165, 1.54) is 32.9 Å². The summed E-state index contributed by atoms with van der Waals surface area (Å²) in [5, 5.41) is 4.78. The van der Waals surface area contributed by atoms with E-state index in [0.717, 1.165) is 33.2 Å². The minimum absolute atomic E-state index is 0.520. The van der Waals surface area contributed by atoms with Crippen molar-refractivity contribution in [1.82, 2.24) is 4.57 Å². The zero-order chi connectivity index (χ0) is 22.6. The number of aromatic nitrogens is 1. The Balaban J connectivity index is 1.56. The SMILES string of the molecule is NCc1cccc(-n2c3ccccc3c3ccc(-c4cccc5oc6ccccc6c45)cc32)c1. The first-order valence-electron chi connectivity index (χ1n) is 11.5. The zero-order valence-electron chi connectivity index (χ0n) is 18.5. The fourth-order valence-electron chi connectivity index (χ4n) is 5.25. The van der Waals surface area contributed by atoms with E-state index < -0.39 is 0 Å². The number of furan rings is 1. The van der Waals surface area contributed by atoms with Crippen molar-refractivity contribution in [2.24, 2.45) is 5.73 Å². The Kier molecular flexibility index (Phi) is 4.14. The first-order valence-corrected chi connectivity index (χ1v) is 11.5. The van der Waals surface area contributed by atoms with Gasteiger partial charge in [0.05, 0.1) is 11.0 Å². The number of fused-ring (bicyclic) bond motifs is 6. The lowest BCUT2D eigenvalue weighted by Gasteiger charge is -2.11. The molecule has 2 N–H and O–H groups in total. The number of hydrogen-bond acceptors (Lipinski definition) is 2. The van der Waals surface area contributed by atoms with Crippen molar-refractivity contribution < 1.29 is 4.42 Å². The third kappa shape index (κ3) is 2.74. The van der Waals surface area contributed by atoms with Crippen molar-refractivity contribution in [3.63, 3.8) is 0 Å². The number of nitrogens with zero attached hydrogens (tertiary/aromatic N) is 1. The van der Waals surface area contributed by atoms with Gasteiger partial charge in [-0.25, -0.2) is 0 Å². The molecule has 0 aliphatic heterocycles. The van der Waals surface area contributed by atoms with E-state index in [4.69, 9.17) is 10.2 Å². The lowest BCUT2D eigenvalue weighted by Crippen LogP contribution is -1.99. The van der Waals surface area contributed by atoms with Gasteiger partial charge in [-0.15, -0.1) is 0 Å². The van der Waals surface area contributed by atoms with Gasteiger partial charge in [-0.3, -0.25) is 0 Å². The molecule has 0 fully saturated rings. The molecule has 5 aromatic carbocycles. The summed E-state index contributed by atoms with van der Waals surface area (Å²) < 4.78 is 8.50. The Morgan fingerprint density at radius 3 is 2.29 bits per heavy atom. The van der Waals surface area contributed by atoms with Crippen LogP contribution < -0.4 is 5.73 Å². The number of hydrogen-bond donors (Lipinski definition) is 1. The monoisotopic (exact) mass is 438 g/mol. The zero-order valence-corrected chi connectivity index (χ0v) is 18.5. The molecule has 0 saturated heterocycles. The van der Waals surface area contributed by atoms with Gasteiger partial charge in [0.15, 0.2) is 0 Å². The van der Waals surface area contributed by atoms with Gasteiger partial charge in [-0.2, -0.15) is 0 Å². The molecule has 3 heteroatoms. The van der Waals surface area contributed by atoms with Crippen LogP contribution in [-0.2, 0) is 6.54 Å². The molecule has 0 bridgehead atoms. The van der Waals surface area contributed by atoms with Crippen LogP contribution in [0.25, 0.3) is 60.6 Å². The Hall–Kier alpha value is -4.34. The first-order chi connectivity index (χ1) is 16.8. The summed E-state index contributed by atoms with van der Waals surface area (Å²) in [6.45, 7) is 0.520. The van der Waals surface area contributed by atoms with Crippen molar-refractivity contribution in [3.05, 3.63) is 115 Å². The smallest absolute Gasteiger partial charge is 0.136 e. The van der Waals surface area contributed by atoms with Gasteiger partial charge in [0, 0.05) is 33.8 Å². The van der Waals surface area contributed by atoms with E-state index in [-0.39, 0.29) is 0 Å². The Morgan fingerprint density at radius 2 is 1.38 bits per heavy atom. The lowest BCUT2D eigenvalue weighted by atomic mass is 9.98. The van der Waals surface area contributed by atoms with E-state index >= 15 is 0 Å². The van der Waals surface area contributed by atoms with E-state index in [2.05, 4.69) is 95.6 Å². The summed E-state index contributed by atoms with van der Waals surface area (Å²) in [7, 11) is 0. The van der Waals surface area contributed by atoms with Gasteiger partial charge < -0.3 is 14.7 Å². The standard InChI is InChI=1S/C31H22N2O/c32-19-20-7-5-8-22(17-20)33-27-12-3-1-9-24(27)25-16-15-21(18-28(25)33)23-11-6-14-30-31(23)26-10-2-4-13-29(26)34-30/h1-18H,19,32H2. The van der Waals surface area contributed by atoms with Crippen LogP contribution in [0.1, 0.15) is 5.56 Å². The third-order valence-electron chi connectivity index (χ3n) is 6.79. The number of nitrogens with two attached hydrogens (primary N) is 1. The van der Waals surface area contributed by atoms with Gasteiger partial charge in [0.25, 0.3) is 0 Å². The molecule has 2 aromatic heterocycles. The normalized spacial score (nSPS) is 11.8. The van der Waals surface area contributed by atoms with Crippen LogP contribution in [0.15, 0.2) is 114 Å². The molecule has 2 heterocycles. The molecule has 0 radical (unpaired) electrons. The Morgan fingerprint density at radius 1 is 0.618 bits per heavy atom. The predicted molar refractivity (Wildman–Crippen MR) is 141 cm³/mol. The molecule has 34 heavy (non-hydrogen) atoms. The van der Waals surface area contributed by atoms with Gasteiger partial charge in [-0.1, -0.05) is 72.8 Å². The highest BCUT2D eigenvalue weighted by atomic mass is 16.3. The molecule has 0 saturated carbocycles. The van der Waals surface area contributed by atoms with Crippen LogP contribution in [0.5, 0.6) is 0 Å². The molecule has 0 unspecified atom stereocenters. The highest BCUT2D eigenvalue weighted by Gasteiger charge is 2.16. The summed E-state index contributed by atoms with van der Waals surface area (Å²) in [5.74, 6) is 0. The molecule has 0 atom stereocenters. The average Bonchev–Trinajstić information content (AvgIpc) is 3.44. The van der Waals surface area contributed by atoms with Gasteiger partial charge in [0.2, 0.25) is 0 Å². The fraction of sp³-hybridized carbons (Fsp3) is 0.0323. The molecule has 3 nitrogen and oxygen atoms in total. The molecular weight excluding hydrogens is 416 g/mol. The summed E-state index contributed by atoms with van der Waals surface area (Å²) in [4.78, 5) is 0. The molecule has 0 aliphatic carbocycles. The average molecular weight is 439 g/mol. The third-order valence-corrected chi connectivity index (χ3v) is 6.79. The second kappa shape index (κ2) is 7.34. The van der Waals surface area contributed by atoms with E-state index in [0.29, 0.717) is 6.54 Å². The lowest BCUT2D eigenvalue weighted by molar-refractivity contribution is 0.669. The number of rotatable bonds is 3. The van der Waals surface area contributed by atoms with Gasteiger partial charge >= 0.3 is 0 Å². The number of benzene rings is 5. The van der Waals surface area contributed by atoms with Crippen LogP contribution in [-0.4, -0.2) is 4.57 Å². The van der Waals surface area contributed by atoms with Crippen LogP contribution in [0.4, 0.5) is 0 Å². The highest BCUT2D eigenvalue weighted by Crippen LogP contribution is 2.39. The molecular formula is C31H22N2O. The molecule has 0 amide bonds. The predicted octanol–water partition coefficient (Wildman–Crippen LogP) is 7.81. The maximum absolute atomic E-state index is 6.15. The second-order valence-corrected chi connectivity index (χ2v) is 8.74. The van der Waals surface area contributed by atoms with Crippen molar-refractivity contribution in [2.45, 2.75) is 6.54 Å². The quantitative estimate of drug-likeness (QED) is 0.306. The van der Waals surface area contributed by atoms with E-state index in [9.17, 15) is 0 Å². The largest absolute Gasteiger partial charge is 0.456 e. The van der Waals surface area contributed by atoms with Gasteiger partial charge in [-0.05, 0) is 53.1 Å². The van der Waals surface area contributed by atoms with Crippen LogP contribution >= 0.6 is 0 Å². The maximum atomic E-state index is 6.15. The summed E-state index contributed by atoms with van der Waals surface area (Å²) in [6.07, 6.45) is 0. The highest BCUT2D eigenvalue weighted by molar-refractivity contribution is 6.14. The van der Waals surface area contributed by atoms with E-state index in [1.54, 1.807) is 0 Å². The summed E-state index contributed by atoms with van der Waals surface area (Å²) in [5.41, 5.74) is 14.8. The van der Waals surface area contributed by atoms with Crippen LogP contribution in [0, 0.1) is 0 Å². The molecule has 7 rings (SSSR count). The van der Waals surface area contributed by atoms with Crippen molar-refractivity contribution >= 4 is 43.7 Å². The maximum Gasteiger partial charge on any atom is 0.136 e. The molecule has 0 aliphatic rings. The topological polar surface area (TPSA) is 44.1 Å². The van der Waals surface area contributed by atoms with Crippen molar-refractivity contribution in [3.8, 4) is 16.8 Å². The van der Waals surface area contributed by atoms with Crippen LogP contribution in [0.2, 0.25) is 0 Å². The molecule has 162 valence electrons. The summed E-state index contributed by atoms with van der Waals surface area (Å²) in [6, 6.07) is 38.4. The van der Waals surface area contributed by atoms with Gasteiger partial charge in [0.1, 0.15) is 11.2 Å². The van der Waals surface area contributed by atoms with Crippen molar-refractivity contribution in [2.75, 3.05) is 0 Å². The first kappa shape index (κ1) is 19.2. The van der Waals surface area contributed by atoms with E-state index in [1.807, 2.05) is 18.2 Å². The minimum Gasteiger partial charge on any atom is -0.456 e. The summed E-state index contributed by atoms with van der Waals surface area (Å²) >= 11 is 0. The second-order valence-electron chi connectivity index (χ2n) is 8.74.